The van der Waals surface area contributed by atoms with Crippen molar-refractivity contribution < 1.29 is 14.3 Å². The summed E-state index contributed by atoms with van der Waals surface area (Å²) in [6.45, 7) is 3.33. The van der Waals surface area contributed by atoms with E-state index in [0.717, 1.165) is 10.0 Å². The Labute approximate surface area is 181 Å². The quantitative estimate of drug-likeness (QED) is 0.428. The van der Waals surface area contributed by atoms with E-state index in [1.54, 1.807) is 31.2 Å². The van der Waals surface area contributed by atoms with E-state index in [2.05, 4.69) is 31.8 Å². The van der Waals surface area contributed by atoms with Crippen molar-refractivity contribution in [2.45, 2.75) is 20.3 Å². The first-order valence-corrected chi connectivity index (χ1v) is 9.75. The molecule has 9 heteroatoms. The maximum Gasteiger partial charge on any atom is 0.277 e. The average molecular weight is 487 g/mol. The van der Waals surface area contributed by atoms with Gasteiger partial charge in [0.25, 0.3) is 5.91 Å². The maximum atomic E-state index is 12.0. The minimum atomic E-state index is -0.424. The van der Waals surface area contributed by atoms with E-state index in [9.17, 15) is 9.59 Å². The van der Waals surface area contributed by atoms with Crippen molar-refractivity contribution in [2.24, 2.45) is 5.10 Å². The van der Waals surface area contributed by atoms with Gasteiger partial charge in [-0.3, -0.25) is 9.59 Å². The summed E-state index contributed by atoms with van der Waals surface area (Å²) in [5.41, 5.74) is 4.23. The highest BCUT2D eigenvalue weighted by molar-refractivity contribution is 9.10. The first kappa shape index (κ1) is 22.2. The Bertz CT molecular complexity index is 919. The molecule has 0 bridgehead atoms. The van der Waals surface area contributed by atoms with E-state index >= 15 is 0 Å². The molecular weight excluding hydrogens is 469 g/mol. The first-order chi connectivity index (χ1) is 13.2. The van der Waals surface area contributed by atoms with Crippen molar-refractivity contribution >= 4 is 62.3 Å². The number of nitrogens with one attached hydrogen (secondary N) is 2. The molecule has 28 heavy (non-hydrogen) atoms. The monoisotopic (exact) mass is 485 g/mol. The second kappa shape index (κ2) is 10.5. The molecule has 0 unspecified atom stereocenters. The van der Waals surface area contributed by atoms with Gasteiger partial charge in [-0.25, -0.2) is 5.43 Å². The second-order valence-electron chi connectivity index (χ2n) is 5.93. The van der Waals surface area contributed by atoms with Crippen molar-refractivity contribution in [3.63, 3.8) is 0 Å². The van der Waals surface area contributed by atoms with E-state index in [1.807, 2.05) is 19.1 Å². The molecule has 2 N–H and O–H groups in total. The molecule has 2 aromatic carbocycles. The molecule has 0 aliphatic carbocycles. The lowest BCUT2D eigenvalue weighted by atomic mass is 10.2. The summed E-state index contributed by atoms with van der Waals surface area (Å²) in [5, 5.41) is 7.34. The van der Waals surface area contributed by atoms with Crippen LogP contribution in [0.25, 0.3) is 0 Å². The summed E-state index contributed by atoms with van der Waals surface area (Å²) in [6, 6.07) is 10.3. The largest absolute Gasteiger partial charge is 0.483 e. The molecule has 2 amide bonds. The zero-order chi connectivity index (χ0) is 20.7. The molecular formula is C19H18BrCl2N3O3. The van der Waals surface area contributed by atoms with Gasteiger partial charge in [0.1, 0.15) is 5.75 Å². The fourth-order valence-electron chi connectivity index (χ4n) is 2.16. The van der Waals surface area contributed by atoms with E-state index in [4.69, 9.17) is 27.9 Å². The van der Waals surface area contributed by atoms with Crippen molar-refractivity contribution in [2.75, 3.05) is 11.9 Å². The Kier molecular flexibility index (Phi) is 8.29. The summed E-state index contributed by atoms with van der Waals surface area (Å²) in [4.78, 5) is 23.9. The highest BCUT2D eigenvalue weighted by atomic mass is 79.9. The molecule has 0 atom stereocenters. The summed E-state index contributed by atoms with van der Waals surface area (Å²) in [7, 11) is 0. The Morgan fingerprint density at radius 3 is 2.54 bits per heavy atom. The number of rotatable bonds is 7. The molecule has 148 valence electrons. The number of carbonyl (C=O) groups is 2. The molecule has 0 saturated heterocycles. The summed E-state index contributed by atoms with van der Waals surface area (Å²) in [5.74, 6) is -0.109. The van der Waals surface area contributed by atoms with Gasteiger partial charge in [0, 0.05) is 15.9 Å². The molecule has 2 rings (SSSR count). The Morgan fingerprint density at radius 1 is 1.11 bits per heavy atom. The molecule has 6 nitrogen and oxygen atoms in total. The summed E-state index contributed by atoms with van der Waals surface area (Å²) >= 11 is 15.1. The third-order valence-corrected chi connectivity index (χ3v) is 4.72. The summed E-state index contributed by atoms with van der Waals surface area (Å²) in [6.07, 6.45) is 0.00715. The van der Waals surface area contributed by atoms with Crippen molar-refractivity contribution in [1.82, 2.24) is 5.43 Å². The van der Waals surface area contributed by atoms with Crippen LogP contribution < -0.4 is 15.5 Å². The second-order valence-corrected chi connectivity index (χ2v) is 7.66. The van der Waals surface area contributed by atoms with Gasteiger partial charge in [-0.2, -0.15) is 5.10 Å². The standard InChI is InChI=1S/C19H18BrCl2N3O3/c1-11-7-13(20)3-6-17(11)28-10-19(27)25-24-12(2)8-18(26)23-14-4-5-15(21)16(22)9-14/h3-7,9H,8,10H2,1-2H3,(H,23,26)(H,25,27)/b24-12+. The number of nitrogens with zero attached hydrogens (tertiary/aromatic N) is 1. The lowest BCUT2D eigenvalue weighted by Gasteiger charge is -2.09. The van der Waals surface area contributed by atoms with Crippen LogP contribution in [0.3, 0.4) is 0 Å². The van der Waals surface area contributed by atoms with Crippen LogP contribution in [-0.2, 0) is 9.59 Å². The van der Waals surface area contributed by atoms with Crippen LogP contribution in [0, 0.1) is 6.92 Å². The average Bonchev–Trinajstić information content (AvgIpc) is 2.62. The van der Waals surface area contributed by atoms with Crippen LogP contribution in [0.1, 0.15) is 18.9 Å². The number of hydrogen-bond acceptors (Lipinski definition) is 4. The molecule has 2 aromatic rings. The Balaban J connectivity index is 1.79. The maximum absolute atomic E-state index is 12.0. The predicted molar refractivity (Wildman–Crippen MR) is 115 cm³/mol. The number of hydrogen-bond donors (Lipinski definition) is 2. The van der Waals surface area contributed by atoms with Gasteiger partial charge in [-0.15, -0.1) is 0 Å². The predicted octanol–water partition coefficient (Wildman–Crippen LogP) is 4.96. The third-order valence-electron chi connectivity index (χ3n) is 3.49. The highest BCUT2D eigenvalue weighted by Gasteiger charge is 2.08. The van der Waals surface area contributed by atoms with E-state index < -0.39 is 5.91 Å². The number of anilines is 1. The fourth-order valence-corrected chi connectivity index (χ4v) is 2.93. The van der Waals surface area contributed by atoms with Crippen LogP contribution >= 0.6 is 39.1 Å². The normalized spacial score (nSPS) is 11.1. The van der Waals surface area contributed by atoms with Crippen molar-refractivity contribution in [1.29, 1.82) is 0 Å². The van der Waals surface area contributed by atoms with E-state index in [1.165, 1.54) is 0 Å². The molecule has 0 heterocycles. The zero-order valence-corrected chi connectivity index (χ0v) is 18.3. The van der Waals surface area contributed by atoms with Gasteiger partial charge >= 0.3 is 0 Å². The molecule has 0 radical (unpaired) electrons. The fraction of sp³-hybridized carbons (Fsp3) is 0.211. The smallest absolute Gasteiger partial charge is 0.277 e. The Hall–Kier alpha value is -2.09. The molecule has 0 aliphatic heterocycles. The van der Waals surface area contributed by atoms with Crippen LogP contribution in [0.2, 0.25) is 10.0 Å². The van der Waals surface area contributed by atoms with Gasteiger partial charge in [-0.05, 0) is 55.8 Å². The molecule has 0 spiro atoms. The third kappa shape index (κ3) is 7.14. The number of hydrazone groups is 1. The van der Waals surface area contributed by atoms with Crippen LogP contribution in [0.5, 0.6) is 5.75 Å². The molecule has 0 fully saturated rings. The van der Waals surface area contributed by atoms with Crippen LogP contribution in [0.4, 0.5) is 5.69 Å². The number of halogens is 3. The van der Waals surface area contributed by atoms with Crippen LogP contribution in [-0.4, -0.2) is 24.1 Å². The zero-order valence-electron chi connectivity index (χ0n) is 15.2. The summed E-state index contributed by atoms with van der Waals surface area (Å²) < 4.78 is 6.39. The van der Waals surface area contributed by atoms with Gasteiger partial charge in [0.15, 0.2) is 6.61 Å². The lowest BCUT2D eigenvalue weighted by Crippen LogP contribution is -2.26. The highest BCUT2D eigenvalue weighted by Crippen LogP contribution is 2.25. The van der Waals surface area contributed by atoms with Gasteiger partial charge in [0.2, 0.25) is 5.91 Å². The van der Waals surface area contributed by atoms with Gasteiger partial charge < -0.3 is 10.1 Å². The van der Waals surface area contributed by atoms with Crippen molar-refractivity contribution in [3.8, 4) is 5.75 Å². The topological polar surface area (TPSA) is 79.8 Å². The minimum Gasteiger partial charge on any atom is -0.483 e. The van der Waals surface area contributed by atoms with E-state index in [0.29, 0.717) is 27.2 Å². The van der Waals surface area contributed by atoms with Gasteiger partial charge in [-0.1, -0.05) is 39.1 Å². The number of ether oxygens (including phenoxy) is 1. The minimum absolute atomic E-state index is 0.00715. The first-order valence-electron chi connectivity index (χ1n) is 8.20. The molecule has 0 aromatic heterocycles. The SMILES string of the molecule is C/C(CC(=O)Nc1ccc(Cl)c(Cl)c1)=N\NC(=O)COc1ccc(Br)cc1C. The number of aryl methyl sites for hydroxylation is 1. The molecule has 0 aliphatic rings. The lowest BCUT2D eigenvalue weighted by molar-refractivity contribution is -0.123. The Morgan fingerprint density at radius 2 is 1.86 bits per heavy atom. The van der Waals surface area contributed by atoms with E-state index in [-0.39, 0.29) is 18.9 Å². The number of benzene rings is 2. The van der Waals surface area contributed by atoms with Crippen LogP contribution in [0.15, 0.2) is 46.0 Å². The van der Waals surface area contributed by atoms with Crippen molar-refractivity contribution in [3.05, 3.63) is 56.5 Å². The number of amides is 2. The molecule has 0 saturated carbocycles. The number of carbonyl (C=O) groups excluding carboxylic acids is 2. The van der Waals surface area contributed by atoms with Gasteiger partial charge in [0.05, 0.1) is 16.5 Å².